The van der Waals surface area contributed by atoms with E-state index in [0.29, 0.717) is 12.3 Å². The summed E-state index contributed by atoms with van der Waals surface area (Å²) in [5, 5.41) is 3.02. The Morgan fingerprint density at radius 3 is 2.44 bits per heavy atom. The van der Waals surface area contributed by atoms with Crippen LogP contribution in [-0.4, -0.2) is 11.3 Å². The van der Waals surface area contributed by atoms with Crippen LogP contribution in [-0.2, 0) is 23.1 Å². The number of rotatable bonds is 5. The molecule has 0 aliphatic carbocycles. The Bertz CT molecular complexity index is 531. The third-order valence-corrected chi connectivity index (χ3v) is 3.97. The van der Waals surface area contributed by atoms with Crippen LogP contribution >= 0.6 is 0 Å². The van der Waals surface area contributed by atoms with Crippen molar-refractivity contribution in [3.8, 4) is 0 Å². The van der Waals surface area contributed by atoms with E-state index >= 15 is 0 Å². The predicted octanol–water partition coefficient (Wildman–Crippen LogP) is 2.62. The summed E-state index contributed by atoms with van der Waals surface area (Å²) >= 11 is 0. The number of hydrogen-bond donors (Lipinski definition) is 1. The summed E-state index contributed by atoms with van der Waals surface area (Å²) in [6, 6.07) is 11.6. The fourth-order valence-corrected chi connectivity index (χ4v) is 2.69. The van der Waals surface area contributed by atoms with Crippen molar-refractivity contribution < 1.29 is 8.63 Å². The largest absolute Gasteiger partial charge is 0.464 e. The van der Waals surface area contributed by atoms with Crippen LogP contribution < -0.4 is 5.32 Å². The first-order valence-electron chi connectivity index (χ1n) is 5.86. The molecule has 1 aromatic heterocycles. The molecule has 4 heteroatoms. The maximum Gasteiger partial charge on any atom is 0.117 e. The molecule has 2 rings (SSSR count). The lowest BCUT2D eigenvalue weighted by Crippen LogP contribution is -2.03. The van der Waals surface area contributed by atoms with Gasteiger partial charge in [-0.1, -0.05) is 17.7 Å². The van der Waals surface area contributed by atoms with Gasteiger partial charge in [-0.25, -0.2) is 0 Å². The molecule has 1 aromatic carbocycles. The van der Waals surface area contributed by atoms with Gasteiger partial charge in [0.2, 0.25) is 0 Å². The van der Waals surface area contributed by atoms with Crippen LogP contribution in [0.25, 0.3) is 0 Å². The topological polar surface area (TPSA) is 42.2 Å². The minimum Gasteiger partial charge on any atom is -0.464 e. The highest BCUT2D eigenvalue weighted by atomic mass is 32.2. The Morgan fingerprint density at radius 1 is 1.11 bits per heavy atom. The maximum absolute atomic E-state index is 12.1. The quantitative estimate of drug-likeness (QED) is 0.901. The third-order valence-electron chi connectivity index (χ3n) is 2.63. The van der Waals surface area contributed by atoms with Crippen molar-refractivity contribution in [3.63, 3.8) is 0 Å². The zero-order valence-electron chi connectivity index (χ0n) is 10.6. The second-order valence-electron chi connectivity index (χ2n) is 4.20. The maximum atomic E-state index is 12.1. The predicted molar refractivity (Wildman–Crippen MR) is 72.8 cm³/mol. The molecular formula is C14H17NO2S. The Labute approximate surface area is 110 Å². The molecule has 3 nitrogen and oxygen atoms in total. The van der Waals surface area contributed by atoms with Crippen LogP contribution in [0.5, 0.6) is 0 Å². The van der Waals surface area contributed by atoms with Gasteiger partial charge < -0.3 is 9.73 Å². The first kappa shape index (κ1) is 13.1. The van der Waals surface area contributed by atoms with Crippen LogP contribution in [0.2, 0.25) is 0 Å². The second kappa shape index (κ2) is 5.98. The smallest absolute Gasteiger partial charge is 0.117 e. The molecule has 0 aliphatic rings. The lowest BCUT2D eigenvalue weighted by atomic mass is 10.2. The molecule has 2 aromatic rings. The zero-order valence-corrected chi connectivity index (χ0v) is 11.4. The van der Waals surface area contributed by atoms with E-state index in [2.05, 4.69) is 5.32 Å². The summed E-state index contributed by atoms with van der Waals surface area (Å²) < 4.78 is 17.7. The van der Waals surface area contributed by atoms with Crippen molar-refractivity contribution in [3.05, 3.63) is 53.5 Å². The van der Waals surface area contributed by atoms with Gasteiger partial charge in [0, 0.05) is 4.90 Å². The van der Waals surface area contributed by atoms with E-state index in [1.165, 1.54) is 5.56 Å². The third kappa shape index (κ3) is 3.31. The van der Waals surface area contributed by atoms with Gasteiger partial charge in [-0.15, -0.1) is 0 Å². The Morgan fingerprint density at radius 2 is 1.78 bits per heavy atom. The van der Waals surface area contributed by atoms with Gasteiger partial charge in [-0.3, -0.25) is 4.21 Å². The monoisotopic (exact) mass is 263 g/mol. The molecule has 0 spiro atoms. The van der Waals surface area contributed by atoms with Gasteiger partial charge in [-0.05, 0) is 38.2 Å². The summed E-state index contributed by atoms with van der Waals surface area (Å²) in [7, 11) is 0.820. The van der Waals surface area contributed by atoms with Gasteiger partial charge in [0.15, 0.2) is 0 Å². The van der Waals surface area contributed by atoms with Gasteiger partial charge >= 0.3 is 0 Å². The number of nitrogens with one attached hydrogen (secondary N) is 1. The molecule has 1 atom stereocenters. The fraction of sp³-hybridized carbons (Fsp3) is 0.286. The first-order valence-corrected chi connectivity index (χ1v) is 7.18. The summed E-state index contributed by atoms with van der Waals surface area (Å²) in [6.45, 7) is 2.71. The van der Waals surface area contributed by atoms with E-state index in [1.807, 2.05) is 50.4 Å². The van der Waals surface area contributed by atoms with Gasteiger partial charge in [0.25, 0.3) is 0 Å². The Hall–Kier alpha value is -1.39. The minimum absolute atomic E-state index is 0.423. The fourth-order valence-electron chi connectivity index (χ4n) is 1.67. The molecule has 96 valence electrons. The lowest BCUT2D eigenvalue weighted by molar-refractivity contribution is 0.467. The molecule has 18 heavy (non-hydrogen) atoms. The number of aryl methyl sites for hydroxylation is 1. The number of benzene rings is 1. The van der Waals surface area contributed by atoms with Crippen LogP contribution in [0.1, 0.15) is 17.1 Å². The van der Waals surface area contributed by atoms with Crippen molar-refractivity contribution in [1.29, 1.82) is 0 Å². The molecule has 0 saturated heterocycles. The van der Waals surface area contributed by atoms with Gasteiger partial charge in [0.1, 0.15) is 11.5 Å². The number of hydrogen-bond acceptors (Lipinski definition) is 3. The Balaban J connectivity index is 2.04. The second-order valence-corrected chi connectivity index (χ2v) is 5.65. The van der Waals surface area contributed by atoms with Gasteiger partial charge in [0.05, 0.1) is 23.1 Å². The van der Waals surface area contributed by atoms with Crippen LogP contribution in [0.3, 0.4) is 0 Å². The van der Waals surface area contributed by atoms with E-state index in [-0.39, 0.29) is 0 Å². The van der Waals surface area contributed by atoms with E-state index in [1.54, 1.807) is 0 Å². The summed E-state index contributed by atoms with van der Waals surface area (Å²) in [5.41, 5.74) is 1.17. The minimum atomic E-state index is -1.05. The van der Waals surface area contributed by atoms with E-state index in [0.717, 1.165) is 16.4 Å². The molecule has 0 aliphatic heterocycles. The molecule has 0 bridgehead atoms. The SMILES string of the molecule is CNCc1ccc(CS(=O)c2ccc(C)cc2)o1. The normalized spacial score (nSPS) is 12.6. The molecule has 0 radical (unpaired) electrons. The number of furan rings is 1. The van der Waals surface area contributed by atoms with E-state index in [9.17, 15) is 4.21 Å². The summed E-state index contributed by atoms with van der Waals surface area (Å²) in [5.74, 6) is 2.06. The zero-order chi connectivity index (χ0) is 13.0. The van der Waals surface area contributed by atoms with Crippen molar-refractivity contribution in [2.45, 2.75) is 24.1 Å². The van der Waals surface area contributed by atoms with E-state index in [4.69, 9.17) is 4.42 Å². The highest BCUT2D eigenvalue weighted by Gasteiger charge is 2.08. The Kier molecular flexibility index (Phi) is 4.33. The molecule has 1 heterocycles. The van der Waals surface area contributed by atoms with Crippen LogP contribution in [0, 0.1) is 6.92 Å². The van der Waals surface area contributed by atoms with Crippen molar-refractivity contribution in [2.75, 3.05) is 7.05 Å². The average Bonchev–Trinajstić information content (AvgIpc) is 2.78. The lowest BCUT2D eigenvalue weighted by Gasteiger charge is -2.01. The molecule has 0 amide bonds. The molecular weight excluding hydrogens is 246 g/mol. The van der Waals surface area contributed by atoms with Crippen molar-refractivity contribution in [1.82, 2.24) is 5.32 Å². The van der Waals surface area contributed by atoms with Gasteiger partial charge in [-0.2, -0.15) is 0 Å². The van der Waals surface area contributed by atoms with Crippen molar-refractivity contribution in [2.24, 2.45) is 0 Å². The van der Waals surface area contributed by atoms with E-state index < -0.39 is 10.8 Å². The molecule has 0 fully saturated rings. The first-order chi connectivity index (χ1) is 8.69. The van der Waals surface area contributed by atoms with Crippen LogP contribution in [0.4, 0.5) is 0 Å². The average molecular weight is 263 g/mol. The standard InChI is InChI=1S/C14H17NO2S/c1-11-3-7-14(8-4-11)18(16)10-13-6-5-12(17-13)9-15-2/h3-8,15H,9-10H2,1-2H3. The molecule has 1 N–H and O–H groups in total. The van der Waals surface area contributed by atoms with Crippen LogP contribution in [0.15, 0.2) is 45.7 Å². The molecule has 1 unspecified atom stereocenters. The summed E-state index contributed by atoms with van der Waals surface area (Å²) in [4.78, 5) is 0.840. The highest BCUT2D eigenvalue weighted by Crippen LogP contribution is 2.15. The highest BCUT2D eigenvalue weighted by molar-refractivity contribution is 7.84. The molecule has 0 saturated carbocycles. The van der Waals surface area contributed by atoms with Crippen molar-refractivity contribution >= 4 is 10.8 Å². The summed E-state index contributed by atoms with van der Waals surface area (Å²) in [6.07, 6.45) is 0.